The zero-order valence-corrected chi connectivity index (χ0v) is 9.29. The van der Waals surface area contributed by atoms with Gasteiger partial charge in [-0.1, -0.05) is 0 Å². The van der Waals surface area contributed by atoms with E-state index in [2.05, 4.69) is 0 Å². The lowest BCUT2D eigenvalue weighted by atomic mass is 10.0. The highest BCUT2D eigenvalue weighted by Gasteiger charge is 2.34. The van der Waals surface area contributed by atoms with Crippen molar-refractivity contribution in [3.63, 3.8) is 0 Å². The number of hydrogen-bond donors (Lipinski definition) is 3. The molecule has 6 nitrogen and oxygen atoms in total. The van der Waals surface area contributed by atoms with Crippen LogP contribution in [0.1, 0.15) is 0 Å². The zero-order valence-electron chi connectivity index (χ0n) is 9.29. The van der Waals surface area contributed by atoms with Gasteiger partial charge in [-0.2, -0.15) is 0 Å². The molecule has 0 aliphatic rings. The normalized spacial score (nSPS) is 19.6. The van der Waals surface area contributed by atoms with Crippen LogP contribution in [0.2, 0.25) is 0 Å². The fourth-order valence-electron chi connectivity index (χ4n) is 1.42. The second-order valence-corrected chi connectivity index (χ2v) is 3.11. The molecule has 92 valence electrons. The van der Waals surface area contributed by atoms with Crippen molar-refractivity contribution in [2.24, 2.45) is 0 Å². The third kappa shape index (κ3) is 4.02. The molecule has 0 aliphatic heterocycles. The molecule has 0 aromatic carbocycles. The van der Waals surface area contributed by atoms with Crippen LogP contribution in [0.15, 0.2) is 0 Å². The van der Waals surface area contributed by atoms with E-state index in [-0.39, 0.29) is 6.61 Å². The van der Waals surface area contributed by atoms with Crippen molar-refractivity contribution in [2.75, 3.05) is 34.5 Å². The first-order chi connectivity index (χ1) is 7.15. The van der Waals surface area contributed by atoms with Crippen molar-refractivity contribution < 1.29 is 29.5 Å². The topological polar surface area (TPSA) is 88.4 Å². The Balaban J connectivity index is 4.57. The lowest BCUT2D eigenvalue weighted by molar-refractivity contribution is -0.156. The Bertz CT molecular complexity index is 150. The van der Waals surface area contributed by atoms with Gasteiger partial charge in [0.25, 0.3) is 0 Å². The van der Waals surface area contributed by atoms with Gasteiger partial charge in [0.1, 0.15) is 24.4 Å². The summed E-state index contributed by atoms with van der Waals surface area (Å²) in [5, 5.41) is 27.3. The molecule has 0 amide bonds. The third-order valence-corrected chi connectivity index (χ3v) is 2.28. The number of rotatable bonds is 8. The quantitative estimate of drug-likeness (QED) is 0.459. The van der Waals surface area contributed by atoms with Gasteiger partial charge in [-0.15, -0.1) is 0 Å². The summed E-state index contributed by atoms with van der Waals surface area (Å²) in [4.78, 5) is 0. The Morgan fingerprint density at radius 2 is 1.40 bits per heavy atom. The first-order valence-corrected chi connectivity index (χ1v) is 4.64. The van der Waals surface area contributed by atoms with E-state index in [1.165, 1.54) is 21.3 Å². The van der Waals surface area contributed by atoms with Gasteiger partial charge in [-0.25, -0.2) is 0 Å². The van der Waals surface area contributed by atoms with Crippen LogP contribution in [0.25, 0.3) is 0 Å². The Kier molecular flexibility index (Phi) is 7.85. The summed E-state index contributed by atoms with van der Waals surface area (Å²) in [6.45, 7) is -0.701. The minimum Gasteiger partial charge on any atom is -0.394 e. The predicted molar refractivity (Wildman–Crippen MR) is 52.6 cm³/mol. The van der Waals surface area contributed by atoms with Gasteiger partial charge < -0.3 is 29.5 Å². The van der Waals surface area contributed by atoms with Crippen LogP contribution in [0, 0.1) is 0 Å². The highest BCUT2D eigenvalue weighted by molar-refractivity contribution is 4.83. The van der Waals surface area contributed by atoms with Crippen molar-refractivity contribution in [3.8, 4) is 0 Å². The van der Waals surface area contributed by atoms with Gasteiger partial charge in [0.2, 0.25) is 0 Å². The van der Waals surface area contributed by atoms with E-state index in [1.54, 1.807) is 0 Å². The second kappa shape index (κ2) is 7.98. The summed E-state index contributed by atoms with van der Waals surface area (Å²) in [7, 11) is 4.23. The Morgan fingerprint density at radius 3 is 1.67 bits per heavy atom. The first-order valence-electron chi connectivity index (χ1n) is 4.64. The Hall–Kier alpha value is -0.240. The minimum atomic E-state index is -1.08. The molecular weight excluding hydrogens is 204 g/mol. The van der Waals surface area contributed by atoms with E-state index < -0.39 is 31.0 Å². The Morgan fingerprint density at radius 1 is 0.867 bits per heavy atom. The number of hydrogen-bond acceptors (Lipinski definition) is 6. The smallest absolute Gasteiger partial charge is 0.114 e. The third-order valence-electron chi connectivity index (χ3n) is 2.28. The van der Waals surface area contributed by atoms with E-state index in [4.69, 9.17) is 24.4 Å². The molecule has 0 aliphatic carbocycles. The molecule has 0 unspecified atom stereocenters. The van der Waals surface area contributed by atoms with Crippen LogP contribution in [0.5, 0.6) is 0 Å². The predicted octanol–water partition coefficient (Wildman–Crippen LogP) is -1.62. The van der Waals surface area contributed by atoms with Gasteiger partial charge in [0, 0.05) is 21.3 Å². The molecule has 0 radical (unpaired) electrons. The van der Waals surface area contributed by atoms with Crippen molar-refractivity contribution in [3.05, 3.63) is 0 Å². The van der Waals surface area contributed by atoms with Crippen LogP contribution in [0.4, 0.5) is 0 Å². The monoisotopic (exact) mass is 224 g/mol. The number of aliphatic hydroxyl groups excluding tert-OH is 3. The molecule has 0 aromatic rings. The summed E-state index contributed by atoms with van der Waals surface area (Å²) >= 11 is 0. The highest BCUT2D eigenvalue weighted by Crippen LogP contribution is 2.13. The maximum atomic E-state index is 9.47. The second-order valence-electron chi connectivity index (χ2n) is 3.11. The average molecular weight is 224 g/mol. The minimum absolute atomic E-state index is 0.257. The van der Waals surface area contributed by atoms with Crippen molar-refractivity contribution in [1.82, 2.24) is 0 Å². The summed E-state index contributed by atoms with van der Waals surface area (Å²) in [6.07, 6.45) is -3.09. The SMILES string of the molecule is CO[C@@H]([C@H](OC)[C@H](CO)OC)[C@H](O)CO. The summed E-state index contributed by atoms with van der Waals surface area (Å²) in [5.74, 6) is 0. The van der Waals surface area contributed by atoms with E-state index >= 15 is 0 Å². The van der Waals surface area contributed by atoms with E-state index in [9.17, 15) is 5.11 Å². The van der Waals surface area contributed by atoms with E-state index in [1.807, 2.05) is 0 Å². The molecule has 0 fully saturated rings. The molecule has 0 heterocycles. The molecule has 0 saturated heterocycles. The van der Waals surface area contributed by atoms with Gasteiger partial charge in [0.05, 0.1) is 13.2 Å². The molecule has 0 saturated carbocycles. The van der Waals surface area contributed by atoms with Gasteiger partial charge in [-0.3, -0.25) is 0 Å². The molecule has 0 bridgehead atoms. The largest absolute Gasteiger partial charge is 0.394 e. The van der Waals surface area contributed by atoms with Crippen molar-refractivity contribution >= 4 is 0 Å². The Labute approximate surface area is 89.4 Å². The van der Waals surface area contributed by atoms with Crippen molar-refractivity contribution in [1.29, 1.82) is 0 Å². The molecule has 6 heteroatoms. The maximum absolute atomic E-state index is 9.47. The number of ether oxygens (including phenoxy) is 3. The molecule has 0 rings (SSSR count). The molecule has 3 N–H and O–H groups in total. The van der Waals surface area contributed by atoms with Gasteiger partial charge >= 0.3 is 0 Å². The molecule has 15 heavy (non-hydrogen) atoms. The van der Waals surface area contributed by atoms with Crippen LogP contribution < -0.4 is 0 Å². The number of aliphatic hydroxyl groups is 3. The fraction of sp³-hybridized carbons (Fsp3) is 1.00. The maximum Gasteiger partial charge on any atom is 0.114 e. The van der Waals surface area contributed by atoms with Crippen LogP contribution in [-0.4, -0.2) is 74.3 Å². The lowest BCUT2D eigenvalue weighted by Crippen LogP contribution is -2.49. The van der Waals surface area contributed by atoms with Crippen molar-refractivity contribution in [2.45, 2.75) is 24.4 Å². The van der Waals surface area contributed by atoms with E-state index in [0.29, 0.717) is 0 Å². The van der Waals surface area contributed by atoms with E-state index in [0.717, 1.165) is 0 Å². The zero-order chi connectivity index (χ0) is 11.8. The van der Waals surface area contributed by atoms with Gasteiger partial charge in [0.15, 0.2) is 0 Å². The number of methoxy groups -OCH3 is 3. The van der Waals surface area contributed by atoms with Gasteiger partial charge in [-0.05, 0) is 0 Å². The fourth-order valence-corrected chi connectivity index (χ4v) is 1.42. The standard InChI is InChI=1S/C9H20O6/c1-13-7(5-11)9(15-3)8(14-2)6(12)4-10/h6-12H,4-5H2,1-3H3/t6-,7+,8-,9-/m1/s1. The highest BCUT2D eigenvalue weighted by atomic mass is 16.6. The molecule has 0 aromatic heterocycles. The molecule has 0 spiro atoms. The molecular formula is C9H20O6. The van der Waals surface area contributed by atoms with Crippen LogP contribution in [0.3, 0.4) is 0 Å². The lowest BCUT2D eigenvalue weighted by Gasteiger charge is -2.32. The summed E-state index contributed by atoms with van der Waals surface area (Å²) in [6, 6.07) is 0. The van der Waals surface area contributed by atoms with Crippen LogP contribution in [-0.2, 0) is 14.2 Å². The molecule has 4 atom stereocenters. The first kappa shape index (κ1) is 14.8. The summed E-state index contributed by atoms with van der Waals surface area (Å²) in [5.41, 5.74) is 0. The van der Waals surface area contributed by atoms with Crippen LogP contribution >= 0.6 is 0 Å². The summed E-state index contributed by atoms with van der Waals surface area (Å²) < 4.78 is 15.1. The average Bonchev–Trinajstić information content (AvgIpc) is 2.28.